The van der Waals surface area contributed by atoms with Gasteiger partial charge in [-0.1, -0.05) is 53.4 Å². The van der Waals surface area contributed by atoms with E-state index >= 15 is 0 Å². The Labute approximate surface area is 233 Å². The molecule has 0 saturated heterocycles. The number of furan rings is 1. The van der Waals surface area contributed by atoms with Gasteiger partial charge in [-0.2, -0.15) is 12.1 Å². The maximum Gasteiger partial charge on any atom is 3.00 e. The van der Waals surface area contributed by atoms with Crippen molar-refractivity contribution < 1.29 is 29.1 Å². The summed E-state index contributed by atoms with van der Waals surface area (Å²) in [6, 6.07) is 37.3. The van der Waals surface area contributed by atoms with Gasteiger partial charge in [-0.25, -0.2) is 0 Å². The van der Waals surface area contributed by atoms with Gasteiger partial charge in [0.1, 0.15) is 5.58 Å². The van der Waals surface area contributed by atoms with Gasteiger partial charge in [0, 0.05) is 11.8 Å². The first-order chi connectivity index (χ1) is 18.2. The molecule has 5 heteroatoms. The molecule has 8 rings (SSSR count). The van der Waals surface area contributed by atoms with E-state index in [1.165, 1.54) is 27.2 Å². The van der Waals surface area contributed by atoms with Gasteiger partial charge in [0.15, 0.2) is 0 Å². The third-order valence-electron chi connectivity index (χ3n) is 6.82. The molecule has 0 aliphatic carbocycles. The van der Waals surface area contributed by atoms with Crippen molar-refractivity contribution in [1.82, 2.24) is 9.38 Å². The van der Waals surface area contributed by atoms with Crippen LogP contribution in [0.3, 0.4) is 0 Å². The summed E-state index contributed by atoms with van der Waals surface area (Å²) < 4.78 is 10.5. The van der Waals surface area contributed by atoms with E-state index < -0.39 is 0 Å². The molecule has 38 heavy (non-hydrogen) atoms. The fourth-order valence-corrected chi connectivity index (χ4v) is 5.21. The Kier molecular flexibility index (Phi) is 6.19. The number of rotatable bonds is 2. The summed E-state index contributed by atoms with van der Waals surface area (Å²) in [7, 11) is 0. The van der Waals surface area contributed by atoms with Crippen molar-refractivity contribution in [3.8, 4) is 11.3 Å². The van der Waals surface area contributed by atoms with Gasteiger partial charge in [-0.05, 0) is 47.8 Å². The van der Waals surface area contributed by atoms with E-state index in [1.54, 1.807) is 6.20 Å². The van der Waals surface area contributed by atoms with Gasteiger partial charge >= 0.3 is 20.1 Å². The molecule has 0 radical (unpaired) electrons. The molecular formula is C33H23IrN3O+. The van der Waals surface area contributed by atoms with Gasteiger partial charge in [-0.15, -0.1) is 42.0 Å². The Balaban J connectivity index is 0.000000172. The minimum absolute atomic E-state index is 0. The van der Waals surface area contributed by atoms with Crippen LogP contribution in [0.4, 0.5) is 0 Å². The van der Waals surface area contributed by atoms with E-state index in [4.69, 9.17) is 4.42 Å². The van der Waals surface area contributed by atoms with E-state index in [9.17, 15) is 0 Å². The third-order valence-corrected chi connectivity index (χ3v) is 6.82. The van der Waals surface area contributed by atoms with Crippen molar-refractivity contribution in [1.29, 1.82) is 0 Å². The summed E-state index contributed by atoms with van der Waals surface area (Å²) in [6.07, 6.45) is 5.35. The molecule has 4 aromatic heterocycles. The number of hydrogen-bond donors (Lipinski definition) is 0. The van der Waals surface area contributed by atoms with Gasteiger partial charge in [0.05, 0.1) is 17.1 Å². The van der Waals surface area contributed by atoms with E-state index in [1.807, 2.05) is 60.7 Å². The Morgan fingerprint density at radius 3 is 2.39 bits per heavy atom. The zero-order valence-electron chi connectivity index (χ0n) is 20.9. The van der Waals surface area contributed by atoms with E-state index in [0.29, 0.717) is 6.04 Å². The van der Waals surface area contributed by atoms with Crippen molar-refractivity contribution >= 4 is 49.3 Å². The van der Waals surface area contributed by atoms with Gasteiger partial charge in [0.2, 0.25) is 6.33 Å². The zero-order valence-corrected chi connectivity index (χ0v) is 23.3. The summed E-state index contributed by atoms with van der Waals surface area (Å²) in [6.45, 7) is 4.38. The van der Waals surface area contributed by atoms with Crippen LogP contribution in [0.25, 0.3) is 60.5 Å². The van der Waals surface area contributed by atoms with Crippen molar-refractivity contribution in [3.05, 3.63) is 116 Å². The first-order valence-corrected chi connectivity index (χ1v) is 12.4. The molecule has 4 nitrogen and oxygen atoms in total. The number of para-hydroxylation sites is 1. The van der Waals surface area contributed by atoms with E-state index in [-0.39, 0.29) is 20.1 Å². The first-order valence-electron chi connectivity index (χ1n) is 12.4. The largest absolute Gasteiger partial charge is 3.00 e. The molecule has 0 unspecified atom stereocenters. The molecule has 0 aliphatic heterocycles. The molecule has 0 N–H and O–H groups in total. The van der Waals surface area contributed by atoms with Crippen LogP contribution >= 0.6 is 0 Å². The molecule has 0 atom stereocenters. The van der Waals surface area contributed by atoms with Crippen molar-refractivity contribution in [2.75, 3.05) is 0 Å². The normalized spacial score (nSPS) is 11.4. The molecule has 0 amide bonds. The van der Waals surface area contributed by atoms with Crippen LogP contribution in [0.5, 0.6) is 0 Å². The minimum atomic E-state index is 0. The number of nitrogens with zero attached hydrogens (tertiary/aromatic N) is 3. The Bertz CT molecular complexity index is 1970. The van der Waals surface area contributed by atoms with Crippen LogP contribution in [0.15, 0.2) is 102 Å². The molecule has 8 aromatic rings. The first kappa shape index (κ1) is 24.3. The van der Waals surface area contributed by atoms with Crippen LogP contribution in [-0.2, 0) is 20.1 Å². The average molecular weight is 670 g/mol. The van der Waals surface area contributed by atoms with Gasteiger partial charge in [0.25, 0.3) is 0 Å². The maximum absolute atomic E-state index is 6.12. The minimum Gasteiger partial charge on any atom is -0.483 e. The fourth-order valence-electron chi connectivity index (χ4n) is 5.21. The van der Waals surface area contributed by atoms with E-state index in [2.05, 4.69) is 76.6 Å². The summed E-state index contributed by atoms with van der Waals surface area (Å²) in [4.78, 5) is 4.22. The second-order valence-corrected chi connectivity index (χ2v) is 9.41. The maximum atomic E-state index is 6.12. The smallest absolute Gasteiger partial charge is 0.483 e. The molecule has 184 valence electrons. The number of aromatic nitrogens is 3. The summed E-state index contributed by atoms with van der Waals surface area (Å²) in [5.41, 5.74) is 7.22. The number of hydrogen-bond acceptors (Lipinski definition) is 2. The van der Waals surface area contributed by atoms with Gasteiger partial charge in [-0.3, -0.25) is 0 Å². The van der Waals surface area contributed by atoms with Crippen LogP contribution in [0.1, 0.15) is 19.9 Å². The second-order valence-electron chi connectivity index (χ2n) is 9.41. The number of pyridine rings is 1. The van der Waals surface area contributed by atoms with Crippen LogP contribution in [0, 0.1) is 18.5 Å². The van der Waals surface area contributed by atoms with Crippen LogP contribution in [0.2, 0.25) is 0 Å². The monoisotopic (exact) mass is 670 g/mol. The van der Waals surface area contributed by atoms with Gasteiger partial charge < -0.3 is 18.4 Å². The summed E-state index contributed by atoms with van der Waals surface area (Å²) in [5.74, 6) is 0. The third kappa shape index (κ3) is 3.78. The molecule has 4 heterocycles. The predicted octanol–water partition coefficient (Wildman–Crippen LogP) is 7.60. The fraction of sp³-hybridized carbons (Fsp3) is 0.0909. The molecule has 4 aromatic carbocycles. The van der Waals surface area contributed by atoms with Crippen LogP contribution in [-0.4, -0.2) is 9.38 Å². The topological polar surface area (TPSA) is 34.3 Å². The SMILES string of the molecule is CC(C)[n+]1[c-]n2c3[c-]ccc4oc5cccc(c6cccc1c62)c5c43.[Ir+3].[c-]1ccccc1-c1ccccn1. The molecular weight excluding hydrogens is 647 g/mol. The predicted molar refractivity (Wildman–Crippen MR) is 148 cm³/mol. The second kappa shape index (κ2) is 9.68. The molecule has 0 bridgehead atoms. The number of fused-ring (bicyclic) bond motifs is 2. The Morgan fingerprint density at radius 2 is 1.61 bits per heavy atom. The average Bonchev–Trinajstić information content (AvgIpc) is 3.50. The molecule has 0 spiro atoms. The Morgan fingerprint density at radius 1 is 0.789 bits per heavy atom. The van der Waals surface area contributed by atoms with Crippen molar-refractivity contribution in [2.24, 2.45) is 0 Å². The summed E-state index contributed by atoms with van der Waals surface area (Å²) in [5, 5.41) is 4.72. The Hall–Kier alpha value is -4.05. The quantitative estimate of drug-likeness (QED) is 0.140. The molecule has 0 aliphatic rings. The van der Waals surface area contributed by atoms with Crippen LogP contribution < -0.4 is 4.57 Å². The molecule has 0 saturated carbocycles. The number of benzene rings is 4. The molecule has 0 fully saturated rings. The summed E-state index contributed by atoms with van der Waals surface area (Å²) >= 11 is 0. The van der Waals surface area contributed by atoms with E-state index in [0.717, 1.165) is 33.3 Å². The zero-order chi connectivity index (χ0) is 24.9. The number of imidazole rings is 1. The van der Waals surface area contributed by atoms with Crippen molar-refractivity contribution in [3.63, 3.8) is 0 Å². The standard InChI is InChI=1S/C22H15N2O.C11H8N.Ir/c1-13(2)23-12-24-16-8-5-11-19-21(16)20-14(6-4-10-18(20)25-19)15-7-3-9-17(23)22(15)24;1-2-6-10(7-3-1)11-8-4-5-9-12-11;/h3-7,9-11,13H,1-2H3;1-6,8-9H;/q2*-1;+3. The van der Waals surface area contributed by atoms with Crippen molar-refractivity contribution in [2.45, 2.75) is 19.9 Å².